The second-order valence-corrected chi connectivity index (χ2v) is 8.59. The summed E-state index contributed by atoms with van der Waals surface area (Å²) in [6.45, 7) is 3.29. The molecular formula is C23H21F5N2O3. The van der Waals surface area contributed by atoms with Crippen LogP contribution in [-0.2, 0) is 12.5 Å². The summed E-state index contributed by atoms with van der Waals surface area (Å²) in [4.78, 5) is 14.6. The maximum absolute atomic E-state index is 14.2. The minimum Gasteiger partial charge on any atom is -0.483 e. The van der Waals surface area contributed by atoms with Crippen molar-refractivity contribution in [3.63, 3.8) is 0 Å². The average molecular weight is 468 g/mol. The summed E-state index contributed by atoms with van der Waals surface area (Å²) in [6, 6.07) is 9.22. The largest absolute Gasteiger partial charge is 0.483 e. The van der Waals surface area contributed by atoms with Crippen molar-refractivity contribution in [3.8, 4) is 5.75 Å². The first-order valence-electron chi connectivity index (χ1n) is 10.1. The summed E-state index contributed by atoms with van der Waals surface area (Å²) < 4.78 is 73.5. The molecule has 5 nitrogen and oxygen atoms in total. The number of ether oxygens (including phenoxy) is 1. The van der Waals surface area contributed by atoms with Gasteiger partial charge < -0.3 is 14.8 Å². The van der Waals surface area contributed by atoms with Gasteiger partial charge in [0.2, 0.25) is 0 Å². The fraction of sp³-hybridized carbons (Fsp3) is 0.348. The molecule has 2 heterocycles. The molecule has 2 aromatic rings. The number of hydrogen-bond donors (Lipinski definition) is 1. The lowest BCUT2D eigenvalue weighted by molar-refractivity contribution is -0.289. The fourth-order valence-corrected chi connectivity index (χ4v) is 4.18. The zero-order valence-corrected chi connectivity index (χ0v) is 18.0. The number of carbonyl (C=O) groups excluding carboxylic acids is 1. The van der Waals surface area contributed by atoms with Crippen LogP contribution in [0.15, 0.2) is 48.0 Å². The van der Waals surface area contributed by atoms with Gasteiger partial charge in [0.1, 0.15) is 11.4 Å². The van der Waals surface area contributed by atoms with E-state index in [9.17, 15) is 32.0 Å². The maximum Gasteiger partial charge on any atom is 0.458 e. The van der Waals surface area contributed by atoms with Crippen LogP contribution in [0.5, 0.6) is 5.75 Å². The monoisotopic (exact) mass is 468 g/mol. The minimum absolute atomic E-state index is 0.0600. The molecule has 0 radical (unpaired) electrons. The molecule has 0 unspecified atom stereocenters. The van der Waals surface area contributed by atoms with Gasteiger partial charge in [0.05, 0.1) is 18.8 Å². The molecule has 176 valence electrons. The topological polar surface area (TPSA) is 53.0 Å². The zero-order chi connectivity index (χ0) is 24.3. The van der Waals surface area contributed by atoms with Gasteiger partial charge in [0.15, 0.2) is 0 Å². The molecule has 0 spiro atoms. The molecule has 33 heavy (non-hydrogen) atoms. The summed E-state index contributed by atoms with van der Waals surface area (Å²) in [6.07, 6.45) is -5.80. The summed E-state index contributed by atoms with van der Waals surface area (Å²) in [5.41, 5.74) is -0.845. The van der Waals surface area contributed by atoms with Gasteiger partial charge in [0, 0.05) is 29.3 Å². The highest BCUT2D eigenvalue weighted by molar-refractivity contribution is 6.04. The Kier molecular flexibility index (Phi) is 5.29. The third-order valence-electron chi connectivity index (χ3n) is 5.81. The standard InChI is InChI=1S/C23H21F5N2O3/c1-21(2)17(12-29(3)32)19(30-11-13-6-4-5-7-15(13)20(30)31)16-10-14(8-9-18(16)33-21)22(24,25)23(26,27)28/h4-10,32H,11-12H2,1-3H3. The smallest absolute Gasteiger partial charge is 0.458 e. The Hall–Kier alpha value is -2.98. The lowest BCUT2D eigenvalue weighted by atomic mass is 9.87. The highest BCUT2D eigenvalue weighted by Gasteiger charge is 2.59. The van der Waals surface area contributed by atoms with Crippen LogP contribution >= 0.6 is 0 Å². The van der Waals surface area contributed by atoms with Crippen LogP contribution in [0.1, 0.15) is 40.9 Å². The second kappa shape index (κ2) is 7.53. The molecule has 0 fully saturated rings. The number of halogens is 5. The van der Waals surface area contributed by atoms with E-state index in [2.05, 4.69) is 0 Å². The quantitative estimate of drug-likeness (QED) is 0.495. The van der Waals surface area contributed by atoms with Crippen molar-refractivity contribution < 1.29 is 36.7 Å². The number of amides is 1. The summed E-state index contributed by atoms with van der Waals surface area (Å²) in [7, 11) is 1.35. The Morgan fingerprint density at radius 3 is 2.36 bits per heavy atom. The van der Waals surface area contributed by atoms with E-state index >= 15 is 0 Å². The van der Waals surface area contributed by atoms with Crippen LogP contribution in [0.3, 0.4) is 0 Å². The lowest BCUT2D eigenvalue weighted by Crippen LogP contribution is -2.42. The third kappa shape index (κ3) is 3.76. The minimum atomic E-state index is -5.80. The molecule has 0 aliphatic carbocycles. The van der Waals surface area contributed by atoms with Crippen LogP contribution in [0, 0.1) is 0 Å². The van der Waals surface area contributed by atoms with Crippen LogP contribution in [-0.4, -0.2) is 46.4 Å². The summed E-state index contributed by atoms with van der Waals surface area (Å²) in [5.74, 6) is -5.47. The average Bonchev–Trinajstić information content (AvgIpc) is 3.03. The van der Waals surface area contributed by atoms with Gasteiger partial charge >= 0.3 is 12.1 Å². The van der Waals surface area contributed by atoms with Crippen molar-refractivity contribution in [1.82, 2.24) is 9.96 Å². The van der Waals surface area contributed by atoms with E-state index in [0.29, 0.717) is 28.8 Å². The number of alkyl halides is 5. The predicted molar refractivity (Wildman–Crippen MR) is 109 cm³/mol. The molecule has 0 atom stereocenters. The van der Waals surface area contributed by atoms with Crippen LogP contribution in [0.25, 0.3) is 5.70 Å². The van der Waals surface area contributed by atoms with Gasteiger partial charge in [-0.1, -0.05) is 18.2 Å². The molecule has 2 aliphatic heterocycles. The van der Waals surface area contributed by atoms with Crippen molar-refractivity contribution in [2.75, 3.05) is 13.6 Å². The van der Waals surface area contributed by atoms with E-state index in [0.717, 1.165) is 11.1 Å². The van der Waals surface area contributed by atoms with Gasteiger partial charge in [0.25, 0.3) is 5.91 Å². The SMILES string of the molecule is CN(O)CC1=C(N2Cc3ccccc3C2=O)c2cc(C(F)(F)C(F)(F)F)ccc2OC1(C)C. The van der Waals surface area contributed by atoms with Crippen molar-refractivity contribution in [1.29, 1.82) is 0 Å². The number of carbonyl (C=O) groups is 1. The third-order valence-corrected chi connectivity index (χ3v) is 5.81. The fourth-order valence-electron chi connectivity index (χ4n) is 4.18. The first kappa shape index (κ1) is 23.2. The molecule has 2 aliphatic rings. The number of fused-ring (bicyclic) bond motifs is 2. The molecule has 0 saturated heterocycles. The van der Waals surface area contributed by atoms with Crippen molar-refractivity contribution in [3.05, 3.63) is 70.3 Å². The number of benzene rings is 2. The maximum atomic E-state index is 14.2. The van der Waals surface area contributed by atoms with Crippen molar-refractivity contribution in [2.45, 2.75) is 38.1 Å². The van der Waals surface area contributed by atoms with E-state index in [-0.39, 0.29) is 30.1 Å². The number of nitrogens with zero attached hydrogens (tertiary/aromatic N) is 2. The Morgan fingerprint density at radius 1 is 1.09 bits per heavy atom. The highest BCUT2D eigenvalue weighted by atomic mass is 19.4. The van der Waals surface area contributed by atoms with E-state index in [4.69, 9.17) is 4.74 Å². The predicted octanol–water partition coefficient (Wildman–Crippen LogP) is 5.20. The molecule has 1 amide bonds. The Balaban J connectivity index is 1.96. The summed E-state index contributed by atoms with van der Waals surface area (Å²) in [5, 5.41) is 10.8. The first-order valence-corrected chi connectivity index (χ1v) is 10.1. The van der Waals surface area contributed by atoms with Gasteiger partial charge in [-0.15, -0.1) is 0 Å². The Bertz CT molecular complexity index is 1160. The first-order chi connectivity index (χ1) is 15.2. The Labute approximate surface area is 186 Å². The van der Waals surface area contributed by atoms with E-state index < -0.39 is 29.2 Å². The number of hydrogen-bond acceptors (Lipinski definition) is 4. The number of rotatable bonds is 4. The number of hydroxylamine groups is 2. The molecule has 1 N–H and O–H groups in total. The van der Waals surface area contributed by atoms with Crippen LogP contribution in [0.4, 0.5) is 22.0 Å². The van der Waals surface area contributed by atoms with Gasteiger partial charge in [-0.2, -0.15) is 27.0 Å². The van der Waals surface area contributed by atoms with E-state index in [1.54, 1.807) is 38.1 Å². The van der Waals surface area contributed by atoms with Gasteiger partial charge in [-0.25, -0.2) is 0 Å². The lowest BCUT2D eigenvalue weighted by Gasteiger charge is -2.40. The molecule has 4 rings (SSSR count). The van der Waals surface area contributed by atoms with Crippen LogP contribution in [0.2, 0.25) is 0 Å². The highest BCUT2D eigenvalue weighted by Crippen LogP contribution is 2.49. The second-order valence-electron chi connectivity index (χ2n) is 8.59. The molecule has 10 heteroatoms. The van der Waals surface area contributed by atoms with Gasteiger partial charge in [-0.3, -0.25) is 4.79 Å². The normalized spacial score (nSPS) is 17.9. The molecular weight excluding hydrogens is 447 g/mol. The molecule has 0 saturated carbocycles. The number of likely N-dealkylation sites (N-methyl/N-ethyl adjacent to an activating group) is 1. The Morgan fingerprint density at radius 2 is 1.76 bits per heavy atom. The zero-order valence-electron chi connectivity index (χ0n) is 18.0. The molecule has 2 aromatic carbocycles. The molecule has 0 bridgehead atoms. The van der Waals surface area contributed by atoms with Crippen LogP contribution < -0.4 is 4.74 Å². The van der Waals surface area contributed by atoms with Gasteiger partial charge in [-0.05, 0) is 43.7 Å². The van der Waals surface area contributed by atoms with E-state index in [1.807, 2.05) is 0 Å². The summed E-state index contributed by atoms with van der Waals surface area (Å²) >= 11 is 0. The van der Waals surface area contributed by atoms with Crippen molar-refractivity contribution >= 4 is 11.6 Å². The van der Waals surface area contributed by atoms with E-state index in [1.165, 1.54) is 11.9 Å². The molecule has 0 aromatic heterocycles. The van der Waals surface area contributed by atoms with Crippen molar-refractivity contribution in [2.24, 2.45) is 0 Å².